The zero-order valence-corrected chi connectivity index (χ0v) is 4.72. The van der Waals surface area contributed by atoms with Crippen LogP contribution in [0.1, 0.15) is 0 Å². The summed E-state index contributed by atoms with van der Waals surface area (Å²) in [5.74, 6) is 0. The minimum absolute atomic E-state index is 0.472. The number of hydrogen-bond donors (Lipinski definition) is 2. The van der Waals surface area contributed by atoms with Crippen molar-refractivity contribution in [2.24, 2.45) is 11.5 Å². The Morgan fingerprint density at radius 1 is 1.00 bits per heavy atom. The van der Waals surface area contributed by atoms with E-state index in [1.165, 1.54) is 12.2 Å². The fourth-order valence-corrected chi connectivity index (χ4v) is 0.236. The van der Waals surface area contributed by atoms with E-state index in [4.69, 9.17) is 11.5 Å². The van der Waals surface area contributed by atoms with Crippen LogP contribution in [0.2, 0.25) is 0 Å². The smallest absolute Gasteiger partial charge is 0.0541 e. The van der Waals surface area contributed by atoms with E-state index < -0.39 is 0 Å². The SMILES string of the molecule is C=C/C(N)=C(/N)C=C. The molecular formula is C6H10N2. The zero-order valence-electron chi connectivity index (χ0n) is 4.72. The van der Waals surface area contributed by atoms with Crippen LogP contribution in [0.3, 0.4) is 0 Å². The maximum absolute atomic E-state index is 5.29. The molecule has 2 nitrogen and oxygen atoms in total. The molecule has 0 aromatic heterocycles. The number of allylic oxidation sites excluding steroid dienone is 2. The van der Waals surface area contributed by atoms with Crippen LogP contribution in [0.5, 0.6) is 0 Å². The third kappa shape index (κ3) is 1.51. The fourth-order valence-electron chi connectivity index (χ4n) is 0.236. The maximum atomic E-state index is 5.29. The molecular weight excluding hydrogens is 100 g/mol. The Balaban J connectivity index is 4.25. The van der Waals surface area contributed by atoms with Crippen LogP contribution in [-0.4, -0.2) is 0 Å². The Hall–Kier alpha value is -1.18. The van der Waals surface area contributed by atoms with Crippen molar-refractivity contribution in [2.75, 3.05) is 0 Å². The molecule has 0 aliphatic heterocycles. The minimum atomic E-state index is 0.472. The lowest BCUT2D eigenvalue weighted by atomic mass is 10.3. The molecule has 8 heavy (non-hydrogen) atoms. The largest absolute Gasteiger partial charge is 0.397 e. The molecule has 0 fully saturated rings. The molecule has 4 N–H and O–H groups in total. The molecule has 0 aromatic rings. The summed E-state index contributed by atoms with van der Waals surface area (Å²) in [6.45, 7) is 6.84. The van der Waals surface area contributed by atoms with Crippen molar-refractivity contribution in [1.29, 1.82) is 0 Å². The number of hydrogen-bond acceptors (Lipinski definition) is 2. The third-order valence-corrected chi connectivity index (χ3v) is 0.773. The Morgan fingerprint density at radius 3 is 1.38 bits per heavy atom. The van der Waals surface area contributed by atoms with E-state index in [2.05, 4.69) is 13.2 Å². The molecule has 0 unspecified atom stereocenters. The van der Waals surface area contributed by atoms with Gasteiger partial charge in [-0.25, -0.2) is 0 Å². The van der Waals surface area contributed by atoms with Crippen molar-refractivity contribution >= 4 is 0 Å². The van der Waals surface area contributed by atoms with Crippen molar-refractivity contribution in [3.8, 4) is 0 Å². The van der Waals surface area contributed by atoms with E-state index in [1.807, 2.05) is 0 Å². The van der Waals surface area contributed by atoms with Gasteiger partial charge in [0.1, 0.15) is 0 Å². The molecule has 0 aliphatic carbocycles. The summed E-state index contributed by atoms with van der Waals surface area (Å²) in [4.78, 5) is 0. The molecule has 0 heterocycles. The molecule has 0 rings (SSSR count). The highest BCUT2D eigenvalue weighted by Crippen LogP contribution is 1.90. The molecule has 0 atom stereocenters. The Bertz CT molecular complexity index is 117. The van der Waals surface area contributed by atoms with Gasteiger partial charge in [0.05, 0.1) is 11.4 Å². The van der Waals surface area contributed by atoms with Crippen LogP contribution in [0.15, 0.2) is 36.7 Å². The molecule has 0 saturated carbocycles. The quantitative estimate of drug-likeness (QED) is 0.508. The highest BCUT2D eigenvalue weighted by Gasteiger charge is 1.83. The average molecular weight is 110 g/mol. The second kappa shape index (κ2) is 2.91. The molecule has 0 saturated heterocycles. The molecule has 0 aliphatic rings. The van der Waals surface area contributed by atoms with Crippen LogP contribution in [-0.2, 0) is 0 Å². The summed E-state index contributed by atoms with van der Waals surface area (Å²) in [5.41, 5.74) is 11.5. The van der Waals surface area contributed by atoms with Crippen LogP contribution < -0.4 is 11.5 Å². The minimum Gasteiger partial charge on any atom is -0.397 e. The standard InChI is InChI=1S/C6H10N2/c1-3-5(7)6(8)4-2/h3-4H,1-2,7-8H2/b6-5-. The van der Waals surface area contributed by atoms with Crippen LogP contribution in [0.25, 0.3) is 0 Å². The topological polar surface area (TPSA) is 52.0 Å². The van der Waals surface area contributed by atoms with Gasteiger partial charge < -0.3 is 11.5 Å². The summed E-state index contributed by atoms with van der Waals surface area (Å²) in [7, 11) is 0. The summed E-state index contributed by atoms with van der Waals surface area (Å²) in [6, 6.07) is 0. The van der Waals surface area contributed by atoms with E-state index in [9.17, 15) is 0 Å². The highest BCUT2D eigenvalue weighted by molar-refractivity contribution is 5.25. The Kier molecular flexibility index (Phi) is 2.48. The second-order valence-corrected chi connectivity index (χ2v) is 1.32. The van der Waals surface area contributed by atoms with Gasteiger partial charge in [-0.05, 0) is 12.2 Å². The van der Waals surface area contributed by atoms with Crippen LogP contribution in [0.4, 0.5) is 0 Å². The molecule has 2 heteroatoms. The van der Waals surface area contributed by atoms with E-state index in [0.717, 1.165) is 0 Å². The first-order valence-electron chi connectivity index (χ1n) is 2.22. The molecule has 0 bridgehead atoms. The lowest BCUT2D eigenvalue weighted by Crippen LogP contribution is -2.04. The molecule has 0 amide bonds. The predicted octanol–water partition coefficient (Wildman–Crippen LogP) is 0.487. The van der Waals surface area contributed by atoms with E-state index >= 15 is 0 Å². The monoisotopic (exact) mass is 110 g/mol. The van der Waals surface area contributed by atoms with Crippen molar-refractivity contribution in [3.63, 3.8) is 0 Å². The third-order valence-electron chi connectivity index (χ3n) is 0.773. The predicted molar refractivity (Wildman–Crippen MR) is 35.8 cm³/mol. The first-order chi connectivity index (χ1) is 3.72. The first kappa shape index (κ1) is 6.82. The van der Waals surface area contributed by atoms with Crippen molar-refractivity contribution in [1.82, 2.24) is 0 Å². The van der Waals surface area contributed by atoms with Gasteiger partial charge in [0.15, 0.2) is 0 Å². The molecule has 0 radical (unpaired) electrons. The summed E-state index contributed by atoms with van der Waals surface area (Å²) >= 11 is 0. The normalized spacial score (nSPS) is 12.0. The zero-order chi connectivity index (χ0) is 6.57. The van der Waals surface area contributed by atoms with Gasteiger partial charge in [-0.3, -0.25) is 0 Å². The van der Waals surface area contributed by atoms with Gasteiger partial charge in [0.2, 0.25) is 0 Å². The van der Waals surface area contributed by atoms with Gasteiger partial charge in [-0.1, -0.05) is 13.2 Å². The molecule has 0 spiro atoms. The maximum Gasteiger partial charge on any atom is 0.0541 e. The van der Waals surface area contributed by atoms with Crippen molar-refractivity contribution < 1.29 is 0 Å². The lowest BCUT2D eigenvalue weighted by Gasteiger charge is -1.93. The van der Waals surface area contributed by atoms with Crippen LogP contribution >= 0.6 is 0 Å². The van der Waals surface area contributed by atoms with Crippen LogP contribution in [0, 0.1) is 0 Å². The summed E-state index contributed by atoms with van der Waals surface area (Å²) < 4.78 is 0. The Morgan fingerprint density at radius 2 is 1.25 bits per heavy atom. The number of rotatable bonds is 2. The van der Waals surface area contributed by atoms with Gasteiger partial charge in [-0.15, -0.1) is 0 Å². The van der Waals surface area contributed by atoms with Gasteiger partial charge in [-0.2, -0.15) is 0 Å². The van der Waals surface area contributed by atoms with Crippen molar-refractivity contribution in [3.05, 3.63) is 36.7 Å². The van der Waals surface area contributed by atoms with E-state index in [0.29, 0.717) is 11.4 Å². The summed E-state index contributed by atoms with van der Waals surface area (Å²) in [5, 5.41) is 0. The highest BCUT2D eigenvalue weighted by atomic mass is 14.7. The fraction of sp³-hybridized carbons (Fsp3) is 0. The van der Waals surface area contributed by atoms with E-state index in [1.54, 1.807) is 0 Å². The van der Waals surface area contributed by atoms with Crippen molar-refractivity contribution in [2.45, 2.75) is 0 Å². The lowest BCUT2D eigenvalue weighted by molar-refractivity contribution is 1.29. The molecule has 44 valence electrons. The molecule has 0 aromatic carbocycles. The average Bonchev–Trinajstić information content (AvgIpc) is 1.84. The van der Waals surface area contributed by atoms with E-state index in [-0.39, 0.29) is 0 Å². The number of nitrogens with two attached hydrogens (primary N) is 2. The van der Waals surface area contributed by atoms with Gasteiger partial charge in [0.25, 0.3) is 0 Å². The van der Waals surface area contributed by atoms with Gasteiger partial charge in [0, 0.05) is 0 Å². The first-order valence-corrected chi connectivity index (χ1v) is 2.22. The van der Waals surface area contributed by atoms with Gasteiger partial charge >= 0.3 is 0 Å². The summed E-state index contributed by atoms with van der Waals surface area (Å²) in [6.07, 6.45) is 2.97. The second-order valence-electron chi connectivity index (χ2n) is 1.32. The Labute approximate surface area is 49.2 Å².